The molecule has 28 heavy (non-hydrogen) atoms. The number of aromatic nitrogens is 2. The van der Waals surface area contributed by atoms with Crippen LogP contribution in [0.15, 0.2) is 53.5 Å². The Kier molecular flexibility index (Phi) is 5.99. The number of nitrogens with one attached hydrogen (secondary N) is 1. The number of pyridine rings is 1. The molecule has 0 spiro atoms. The van der Waals surface area contributed by atoms with Crippen molar-refractivity contribution < 1.29 is 9.59 Å². The molecule has 0 unspecified atom stereocenters. The van der Waals surface area contributed by atoms with E-state index in [1.165, 1.54) is 16.9 Å². The van der Waals surface area contributed by atoms with Gasteiger partial charge in [-0.1, -0.05) is 45.0 Å². The number of benzene rings is 1. The largest absolute Gasteiger partial charge is 0.324 e. The maximum absolute atomic E-state index is 12.3. The molecule has 2 aromatic heterocycles. The van der Waals surface area contributed by atoms with E-state index in [-0.39, 0.29) is 23.5 Å². The van der Waals surface area contributed by atoms with E-state index in [1.54, 1.807) is 29.2 Å². The van der Waals surface area contributed by atoms with Gasteiger partial charge in [0.1, 0.15) is 5.69 Å². The SMILES string of the molecule is CC(C)(C)c1ccc(CC(=O)Nc2ccc(CC(=O)c3cscn3)nc2)cc1. The van der Waals surface area contributed by atoms with Gasteiger partial charge in [-0.25, -0.2) is 4.98 Å². The van der Waals surface area contributed by atoms with Gasteiger partial charge in [-0.05, 0) is 28.7 Å². The molecule has 1 N–H and O–H groups in total. The van der Waals surface area contributed by atoms with Crippen molar-refractivity contribution in [2.75, 3.05) is 5.32 Å². The highest BCUT2D eigenvalue weighted by molar-refractivity contribution is 7.07. The zero-order chi connectivity index (χ0) is 20.1. The van der Waals surface area contributed by atoms with Gasteiger partial charge >= 0.3 is 0 Å². The van der Waals surface area contributed by atoms with E-state index in [2.05, 4.69) is 48.2 Å². The molecule has 3 rings (SSSR count). The number of amides is 1. The molecule has 3 aromatic rings. The molecule has 1 aromatic carbocycles. The first-order chi connectivity index (χ1) is 13.3. The topological polar surface area (TPSA) is 72.0 Å². The van der Waals surface area contributed by atoms with E-state index < -0.39 is 0 Å². The van der Waals surface area contributed by atoms with E-state index in [4.69, 9.17) is 0 Å². The zero-order valence-corrected chi connectivity index (χ0v) is 17.0. The number of ketones is 1. The highest BCUT2D eigenvalue weighted by Gasteiger charge is 2.14. The third kappa shape index (κ3) is 5.33. The van der Waals surface area contributed by atoms with Crippen molar-refractivity contribution in [3.8, 4) is 0 Å². The highest BCUT2D eigenvalue weighted by atomic mass is 32.1. The van der Waals surface area contributed by atoms with E-state index in [1.807, 2.05) is 12.1 Å². The van der Waals surface area contributed by atoms with Gasteiger partial charge in [0, 0.05) is 11.1 Å². The molecule has 0 saturated carbocycles. The first kappa shape index (κ1) is 19.9. The second kappa shape index (κ2) is 8.44. The molecule has 0 atom stereocenters. The van der Waals surface area contributed by atoms with Crippen molar-refractivity contribution in [1.82, 2.24) is 9.97 Å². The number of rotatable bonds is 6. The van der Waals surface area contributed by atoms with Gasteiger partial charge < -0.3 is 5.32 Å². The fourth-order valence-corrected chi connectivity index (χ4v) is 3.28. The van der Waals surface area contributed by atoms with Gasteiger partial charge in [0.15, 0.2) is 5.78 Å². The number of anilines is 1. The quantitative estimate of drug-likeness (QED) is 0.628. The predicted molar refractivity (Wildman–Crippen MR) is 112 cm³/mol. The van der Waals surface area contributed by atoms with Crippen molar-refractivity contribution >= 4 is 28.7 Å². The molecule has 6 heteroatoms. The maximum atomic E-state index is 12.3. The van der Waals surface area contributed by atoms with Gasteiger partial charge in [-0.3, -0.25) is 14.6 Å². The molecule has 0 aliphatic rings. The van der Waals surface area contributed by atoms with E-state index >= 15 is 0 Å². The summed E-state index contributed by atoms with van der Waals surface area (Å²) in [7, 11) is 0. The van der Waals surface area contributed by atoms with Gasteiger partial charge in [0.05, 0.1) is 30.2 Å². The van der Waals surface area contributed by atoms with Crippen LogP contribution in [0.5, 0.6) is 0 Å². The van der Waals surface area contributed by atoms with Crippen LogP contribution in [0.1, 0.15) is 48.1 Å². The smallest absolute Gasteiger partial charge is 0.228 e. The minimum Gasteiger partial charge on any atom is -0.324 e. The minimum absolute atomic E-state index is 0.0655. The molecule has 0 aliphatic carbocycles. The van der Waals surface area contributed by atoms with Crippen LogP contribution in [-0.4, -0.2) is 21.7 Å². The molecule has 5 nitrogen and oxygen atoms in total. The first-order valence-corrected chi connectivity index (χ1v) is 10.0. The molecule has 0 fully saturated rings. The van der Waals surface area contributed by atoms with Crippen LogP contribution in [0.2, 0.25) is 0 Å². The fourth-order valence-electron chi connectivity index (χ4n) is 2.72. The van der Waals surface area contributed by atoms with Gasteiger partial charge in [0.2, 0.25) is 5.91 Å². The van der Waals surface area contributed by atoms with Crippen LogP contribution < -0.4 is 5.32 Å². The standard InChI is InChI=1S/C22H23N3O2S/c1-22(2,3)16-6-4-15(5-7-16)10-21(27)25-18-9-8-17(23-12-18)11-20(26)19-13-28-14-24-19/h4-9,12-14H,10-11H2,1-3H3,(H,25,27). The van der Waals surface area contributed by atoms with Crippen LogP contribution in [0.25, 0.3) is 0 Å². The summed E-state index contributed by atoms with van der Waals surface area (Å²) in [5.41, 5.74) is 5.65. The minimum atomic E-state index is -0.100. The number of carbonyl (C=O) groups is 2. The Morgan fingerprint density at radius 3 is 2.32 bits per heavy atom. The van der Waals surface area contributed by atoms with Crippen LogP contribution in [0.4, 0.5) is 5.69 Å². The third-order valence-electron chi connectivity index (χ3n) is 4.35. The summed E-state index contributed by atoms with van der Waals surface area (Å²) in [6.45, 7) is 6.49. The molecule has 0 bridgehead atoms. The Morgan fingerprint density at radius 1 is 1.00 bits per heavy atom. The van der Waals surface area contributed by atoms with Gasteiger partial charge in [0.25, 0.3) is 0 Å². The average molecular weight is 394 g/mol. The molecule has 0 saturated heterocycles. The molecule has 144 valence electrons. The lowest BCUT2D eigenvalue weighted by atomic mass is 9.86. The summed E-state index contributed by atoms with van der Waals surface area (Å²) < 4.78 is 0. The van der Waals surface area contributed by atoms with Crippen LogP contribution >= 0.6 is 11.3 Å². The van der Waals surface area contributed by atoms with Crippen molar-refractivity contribution in [3.63, 3.8) is 0 Å². The Hall–Kier alpha value is -2.86. The first-order valence-electron chi connectivity index (χ1n) is 9.07. The predicted octanol–water partition coefficient (Wildman–Crippen LogP) is 4.44. The van der Waals surface area contributed by atoms with Crippen molar-refractivity contribution in [1.29, 1.82) is 0 Å². The zero-order valence-electron chi connectivity index (χ0n) is 16.2. The summed E-state index contributed by atoms with van der Waals surface area (Å²) in [5.74, 6) is -0.166. The Labute approximate surface area is 168 Å². The normalized spacial score (nSPS) is 11.2. The lowest BCUT2D eigenvalue weighted by Crippen LogP contribution is -2.15. The summed E-state index contributed by atoms with van der Waals surface area (Å²) in [5, 5.41) is 4.57. The average Bonchev–Trinajstić information content (AvgIpc) is 3.18. The monoisotopic (exact) mass is 393 g/mol. The second-order valence-corrected chi connectivity index (χ2v) is 8.40. The summed E-state index contributed by atoms with van der Waals surface area (Å²) in [6.07, 6.45) is 2.07. The fraction of sp³-hybridized carbons (Fsp3) is 0.273. The highest BCUT2D eigenvalue weighted by Crippen LogP contribution is 2.22. The van der Waals surface area contributed by atoms with Crippen LogP contribution in [0.3, 0.4) is 0 Å². The number of thiazole rings is 1. The number of carbonyl (C=O) groups excluding carboxylic acids is 2. The van der Waals surface area contributed by atoms with Crippen molar-refractivity contribution in [3.05, 3.63) is 76.0 Å². The molecule has 2 heterocycles. The number of hydrogen-bond donors (Lipinski definition) is 1. The molecule has 1 amide bonds. The summed E-state index contributed by atoms with van der Waals surface area (Å²) in [6, 6.07) is 11.6. The Bertz CT molecular complexity index is 941. The molecule has 0 aliphatic heterocycles. The molecule has 0 radical (unpaired) electrons. The number of nitrogens with zero attached hydrogens (tertiary/aromatic N) is 2. The summed E-state index contributed by atoms with van der Waals surface area (Å²) >= 11 is 1.39. The number of hydrogen-bond acceptors (Lipinski definition) is 5. The molecular weight excluding hydrogens is 370 g/mol. The van der Waals surface area contributed by atoms with Crippen molar-refractivity contribution in [2.24, 2.45) is 0 Å². The maximum Gasteiger partial charge on any atom is 0.228 e. The lowest BCUT2D eigenvalue weighted by Gasteiger charge is -2.19. The van der Waals surface area contributed by atoms with E-state index in [0.717, 1.165) is 5.56 Å². The van der Waals surface area contributed by atoms with Crippen molar-refractivity contribution in [2.45, 2.75) is 39.0 Å². The molecular formula is C22H23N3O2S. The Balaban J connectivity index is 1.55. The van der Waals surface area contributed by atoms with E-state index in [0.29, 0.717) is 23.5 Å². The van der Waals surface area contributed by atoms with E-state index in [9.17, 15) is 9.59 Å². The number of Topliss-reactive ketones (excluding diaryl/α,β-unsaturated/α-hetero) is 1. The Morgan fingerprint density at radius 2 is 1.75 bits per heavy atom. The third-order valence-corrected chi connectivity index (χ3v) is 4.94. The second-order valence-electron chi connectivity index (χ2n) is 7.68. The summed E-state index contributed by atoms with van der Waals surface area (Å²) in [4.78, 5) is 32.6. The van der Waals surface area contributed by atoms with Gasteiger partial charge in [-0.15, -0.1) is 11.3 Å². The van der Waals surface area contributed by atoms with Crippen LogP contribution in [-0.2, 0) is 23.1 Å². The lowest BCUT2D eigenvalue weighted by molar-refractivity contribution is -0.115. The van der Waals surface area contributed by atoms with Crippen LogP contribution in [0, 0.1) is 0 Å². The van der Waals surface area contributed by atoms with Gasteiger partial charge in [-0.2, -0.15) is 0 Å².